The molecule has 2 amide bonds. The fraction of sp³-hybridized carbons (Fsp3) is 0.318. The maximum absolute atomic E-state index is 12.4. The molecule has 0 aliphatic rings. The van der Waals surface area contributed by atoms with Crippen LogP contribution in [0, 0.1) is 12.8 Å². The predicted octanol–water partition coefficient (Wildman–Crippen LogP) is 3.90. The molecule has 7 nitrogen and oxygen atoms in total. The number of para-hydroxylation sites is 1. The van der Waals surface area contributed by atoms with Gasteiger partial charge in [-0.25, -0.2) is 0 Å². The van der Waals surface area contributed by atoms with Gasteiger partial charge in [-0.3, -0.25) is 25.8 Å². The predicted molar refractivity (Wildman–Crippen MR) is 127 cm³/mol. The van der Waals surface area contributed by atoms with Gasteiger partial charge in [0, 0.05) is 5.56 Å². The Morgan fingerprint density at radius 1 is 1.06 bits per heavy atom. The summed E-state index contributed by atoms with van der Waals surface area (Å²) < 4.78 is 11.8. The van der Waals surface area contributed by atoms with Crippen molar-refractivity contribution in [2.75, 3.05) is 13.2 Å². The maximum atomic E-state index is 12.4. The Hall–Kier alpha value is -2.65. The fourth-order valence-electron chi connectivity index (χ4n) is 2.39. The summed E-state index contributed by atoms with van der Waals surface area (Å²) in [6.07, 6.45) is 0.941. The Balaban J connectivity index is 1.77. The molecule has 0 spiro atoms. The molecule has 2 rings (SSSR count). The molecular formula is C22H26BrN3O4S. The number of hydrogen-bond acceptors (Lipinski definition) is 5. The molecule has 0 atom stereocenters. The Kier molecular flexibility index (Phi) is 9.74. The number of amides is 2. The second-order valence-corrected chi connectivity index (χ2v) is 8.45. The van der Waals surface area contributed by atoms with Crippen LogP contribution in [0.1, 0.15) is 36.2 Å². The van der Waals surface area contributed by atoms with E-state index < -0.39 is 11.8 Å². The van der Waals surface area contributed by atoms with Crippen LogP contribution < -0.4 is 25.6 Å². The molecule has 0 heterocycles. The number of carbonyl (C=O) groups is 2. The van der Waals surface area contributed by atoms with Gasteiger partial charge >= 0.3 is 0 Å². The minimum Gasteiger partial charge on any atom is -0.492 e. The summed E-state index contributed by atoms with van der Waals surface area (Å²) in [5, 5.41) is 2.46. The lowest BCUT2D eigenvalue weighted by Gasteiger charge is -2.13. The lowest BCUT2D eigenvalue weighted by molar-refractivity contribution is -0.123. The molecule has 0 radical (unpaired) electrons. The number of halogens is 1. The summed E-state index contributed by atoms with van der Waals surface area (Å²) in [5.74, 6) is 0.976. The van der Waals surface area contributed by atoms with Crippen molar-refractivity contribution < 1.29 is 19.1 Å². The van der Waals surface area contributed by atoms with Crippen molar-refractivity contribution in [3.8, 4) is 11.5 Å². The number of aryl methyl sites for hydroxylation is 1. The SMILES string of the molecule is Cc1ccccc1OCC(=O)NNC(=S)NC(=O)c1ccc(OCCC(C)C)c(Br)c1. The summed E-state index contributed by atoms with van der Waals surface area (Å²) in [7, 11) is 0. The highest BCUT2D eigenvalue weighted by molar-refractivity contribution is 9.10. The van der Waals surface area contributed by atoms with Crippen LogP contribution in [-0.2, 0) is 4.79 Å². The van der Waals surface area contributed by atoms with Crippen LogP contribution in [0.4, 0.5) is 0 Å². The third kappa shape index (κ3) is 8.55. The molecule has 0 saturated heterocycles. The summed E-state index contributed by atoms with van der Waals surface area (Å²) >= 11 is 8.47. The molecule has 31 heavy (non-hydrogen) atoms. The van der Waals surface area contributed by atoms with Crippen molar-refractivity contribution in [3.05, 3.63) is 58.1 Å². The topological polar surface area (TPSA) is 88.7 Å². The maximum Gasteiger partial charge on any atom is 0.276 e. The highest BCUT2D eigenvalue weighted by atomic mass is 79.9. The van der Waals surface area contributed by atoms with E-state index in [-0.39, 0.29) is 11.7 Å². The van der Waals surface area contributed by atoms with Crippen molar-refractivity contribution in [3.63, 3.8) is 0 Å². The van der Waals surface area contributed by atoms with Gasteiger partial charge in [-0.15, -0.1) is 0 Å². The van der Waals surface area contributed by atoms with Gasteiger partial charge in [-0.05, 0) is 77.2 Å². The Labute approximate surface area is 196 Å². The van der Waals surface area contributed by atoms with Gasteiger partial charge in [0.05, 0.1) is 11.1 Å². The monoisotopic (exact) mass is 507 g/mol. The van der Waals surface area contributed by atoms with Crippen LogP contribution in [0.25, 0.3) is 0 Å². The van der Waals surface area contributed by atoms with E-state index in [2.05, 4.69) is 45.9 Å². The second-order valence-electron chi connectivity index (χ2n) is 7.19. The molecule has 0 aliphatic carbocycles. The quantitative estimate of drug-likeness (QED) is 0.371. The zero-order valence-corrected chi connectivity index (χ0v) is 20.1. The first-order valence-electron chi connectivity index (χ1n) is 9.77. The van der Waals surface area contributed by atoms with E-state index in [4.69, 9.17) is 21.7 Å². The van der Waals surface area contributed by atoms with Gasteiger partial charge in [-0.2, -0.15) is 0 Å². The average molecular weight is 508 g/mol. The molecule has 0 aliphatic heterocycles. The molecule has 2 aromatic carbocycles. The standard InChI is InChI=1S/C22H26BrN3O4S/c1-14(2)10-11-29-19-9-8-16(12-17(19)23)21(28)24-22(31)26-25-20(27)13-30-18-7-5-4-6-15(18)3/h4-9,12,14H,10-11,13H2,1-3H3,(H,25,27)(H2,24,26,28,31). The van der Waals surface area contributed by atoms with Gasteiger partial charge in [0.15, 0.2) is 11.7 Å². The Bertz CT molecular complexity index is 937. The van der Waals surface area contributed by atoms with Gasteiger partial charge < -0.3 is 9.47 Å². The first kappa shape index (κ1) is 24.6. The van der Waals surface area contributed by atoms with Crippen LogP contribution in [0.5, 0.6) is 11.5 Å². The third-order valence-electron chi connectivity index (χ3n) is 4.14. The van der Waals surface area contributed by atoms with E-state index >= 15 is 0 Å². The summed E-state index contributed by atoms with van der Waals surface area (Å²) in [5.41, 5.74) is 6.18. The third-order valence-corrected chi connectivity index (χ3v) is 4.97. The molecule has 166 valence electrons. The van der Waals surface area contributed by atoms with Gasteiger partial charge in [0.25, 0.3) is 11.8 Å². The first-order valence-corrected chi connectivity index (χ1v) is 11.0. The first-order chi connectivity index (χ1) is 14.8. The lowest BCUT2D eigenvalue weighted by Crippen LogP contribution is -2.49. The highest BCUT2D eigenvalue weighted by Gasteiger charge is 2.12. The van der Waals surface area contributed by atoms with E-state index in [1.807, 2.05) is 25.1 Å². The number of hydrogen-bond donors (Lipinski definition) is 3. The number of thiocarbonyl (C=S) groups is 1. The minimum absolute atomic E-state index is 0.0392. The molecule has 0 unspecified atom stereocenters. The Morgan fingerprint density at radius 2 is 1.81 bits per heavy atom. The number of nitrogens with one attached hydrogen (secondary N) is 3. The number of hydrazine groups is 1. The van der Waals surface area contributed by atoms with E-state index in [9.17, 15) is 9.59 Å². The van der Waals surface area contributed by atoms with Gasteiger partial charge in [0.2, 0.25) is 0 Å². The number of benzene rings is 2. The van der Waals surface area contributed by atoms with E-state index in [0.717, 1.165) is 12.0 Å². The average Bonchev–Trinajstić information content (AvgIpc) is 2.72. The van der Waals surface area contributed by atoms with Crippen molar-refractivity contribution in [2.24, 2.45) is 5.92 Å². The molecule has 0 aromatic heterocycles. The largest absolute Gasteiger partial charge is 0.492 e. The number of rotatable bonds is 8. The molecule has 3 N–H and O–H groups in total. The van der Waals surface area contributed by atoms with Crippen molar-refractivity contribution in [1.82, 2.24) is 16.2 Å². The second kappa shape index (κ2) is 12.3. The smallest absolute Gasteiger partial charge is 0.276 e. The Morgan fingerprint density at radius 3 is 2.48 bits per heavy atom. The zero-order chi connectivity index (χ0) is 22.8. The molecule has 2 aromatic rings. The molecular weight excluding hydrogens is 482 g/mol. The molecule has 0 bridgehead atoms. The van der Waals surface area contributed by atoms with Crippen LogP contribution in [-0.4, -0.2) is 30.1 Å². The van der Waals surface area contributed by atoms with Crippen molar-refractivity contribution >= 4 is 45.1 Å². The van der Waals surface area contributed by atoms with Crippen LogP contribution in [0.15, 0.2) is 46.9 Å². The highest BCUT2D eigenvalue weighted by Crippen LogP contribution is 2.26. The zero-order valence-electron chi connectivity index (χ0n) is 17.7. The van der Waals surface area contributed by atoms with Crippen molar-refractivity contribution in [1.29, 1.82) is 0 Å². The van der Waals surface area contributed by atoms with Gasteiger partial charge in [0.1, 0.15) is 11.5 Å². The summed E-state index contributed by atoms with van der Waals surface area (Å²) in [4.78, 5) is 24.3. The van der Waals surface area contributed by atoms with Gasteiger partial charge in [-0.1, -0.05) is 32.0 Å². The van der Waals surface area contributed by atoms with E-state index in [0.29, 0.717) is 34.1 Å². The minimum atomic E-state index is -0.439. The molecule has 0 saturated carbocycles. The summed E-state index contributed by atoms with van der Waals surface area (Å²) in [6.45, 7) is 6.55. The number of carbonyl (C=O) groups excluding carboxylic acids is 2. The summed E-state index contributed by atoms with van der Waals surface area (Å²) in [6, 6.07) is 12.4. The normalized spacial score (nSPS) is 10.4. The molecule has 0 fully saturated rings. The van der Waals surface area contributed by atoms with E-state index in [1.54, 1.807) is 24.3 Å². The van der Waals surface area contributed by atoms with Crippen LogP contribution >= 0.6 is 28.1 Å². The number of ether oxygens (including phenoxy) is 2. The molecule has 9 heteroatoms. The van der Waals surface area contributed by atoms with Crippen molar-refractivity contribution in [2.45, 2.75) is 27.2 Å². The van der Waals surface area contributed by atoms with Crippen LogP contribution in [0.2, 0.25) is 0 Å². The fourth-order valence-corrected chi connectivity index (χ4v) is 3.03. The van der Waals surface area contributed by atoms with E-state index in [1.165, 1.54) is 0 Å². The lowest BCUT2D eigenvalue weighted by atomic mass is 10.1. The van der Waals surface area contributed by atoms with Crippen LogP contribution in [0.3, 0.4) is 0 Å².